The lowest BCUT2D eigenvalue weighted by atomic mass is 10.0. The Kier molecular flexibility index (Phi) is 65.3. The van der Waals surface area contributed by atoms with Gasteiger partial charge in [0.25, 0.3) is 0 Å². The molecule has 0 aromatic heterocycles. The number of aliphatic hydroxyl groups is 2. The third kappa shape index (κ3) is 63.6. The number of carbonyl (C=O) groups excluding carboxylic acids is 1. The second-order valence-corrected chi connectivity index (χ2v) is 22.5. The number of amides is 1. The van der Waals surface area contributed by atoms with Gasteiger partial charge in [-0.25, -0.2) is 0 Å². The molecule has 1 amide bonds. The van der Waals surface area contributed by atoms with E-state index in [0.29, 0.717) is 12.8 Å². The smallest absolute Gasteiger partial charge is 0.220 e. The highest BCUT2D eigenvalue weighted by atomic mass is 16.3. The molecule has 0 fully saturated rings. The number of allylic oxidation sites excluding steroid dienone is 20. The average molecular weight is 1080 g/mol. The fraction of sp³-hybridized carbons (Fsp3) is 0.716. The summed E-state index contributed by atoms with van der Waals surface area (Å²) in [7, 11) is 0. The quantitative estimate of drug-likeness (QED) is 0.0420. The molecule has 0 bridgehead atoms. The van der Waals surface area contributed by atoms with Crippen LogP contribution in [0.25, 0.3) is 0 Å². The molecule has 0 radical (unpaired) electrons. The van der Waals surface area contributed by atoms with Crippen molar-refractivity contribution in [1.82, 2.24) is 5.32 Å². The van der Waals surface area contributed by atoms with Crippen molar-refractivity contribution >= 4 is 5.91 Å². The third-order valence-electron chi connectivity index (χ3n) is 15.0. The van der Waals surface area contributed by atoms with Gasteiger partial charge in [0.05, 0.1) is 18.8 Å². The van der Waals surface area contributed by atoms with Crippen LogP contribution in [0, 0.1) is 0 Å². The zero-order chi connectivity index (χ0) is 56.2. The van der Waals surface area contributed by atoms with E-state index in [2.05, 4.69) is 141 Å². The Bertz CT molecular complexity index is 1510. The van der Waals surface area contributed by atoms with Crippen LogP contribution < -0.4 is 5.32 Å². The van der Waals surface area contributed by atoms with Gasteiger partial charge in [-0.3, -0.25) is 4.79 Å². The van der Waals surface area contributed by atoms with E-state index in [0.717, 1.165) is 96.3 Å². The minimum Gasteiger partial charge on any atom is -0.394 e. The average Bonchev–Trinajstić information content (AvgIpc) is 3.44. The first-order chi connectivity index (χ1) is 38.7. The number of hydrogen-bond acceptors (Lipinski definition) is 3. The molecule has 0 rings (SSSR count). The van der Waals surface area contributed by atoms with Gasteiger partial charge >= 0.3 is 0 Å². The Morgan fingerprint density at radius 2 is 0.564 bits per heavy atom. The molecule has 0 spiro atoms. The van der Waals surface area contributed by atoms with Crippen molar-refractivity contribution in [1.29, 1.82) is 0 Å². The molecule has 0 aromatic carbocycles. The van der Waals surface area contributed by atoms with Crippen LogP contribution in [0.1, 0.15) is 322 Å². The standard InChI is InChI=1S/C74H129NO3/c1-3-5-7-9-11-13-15-17-19-21-23-25-27-29-31-32-33-34-35-36-37-38-39-40-41-42-44-46-48-50-52-54-56-58-60-62-64-66-68-70-74(78)75-72(71-76)73(77)69-67-65-63-61-59-57-55-53-51-49-47-45-43-30-28-26-24-22-20-18-16-14-12-10-8-6-4-2/h5,7,11,13,17,19,23,25,29,31,33-34,36-37,39-40,42,44,48,50,72-73,76-77H,3-4,6,8-10,12,14-16,18,20-22,24,26-28,30,32,35,38,41,43,45-47,49,51-71H2,1-2H3,(H,75,78)/b7-5-,13-11-,19-17-,25-23-,31-29-,34-33-,37-36-,40-39-,44-42-,50-48-. The van der Waals surface area contributed by atoms with E-state index in [9.17, 15) is 15.0 Å². The summed E-state index contributed by atoms with van der Waals surface area (Å²) in [6, 6.07) is -0.551. The predicted octanol–water partition coefficient (Wildman–Crippen LogP) is 23.2. The van der Waals surface area contributed by atoms with E-state index in [1.54, 1.807) is 0 Å². The second-order valence-electron chi connectivity index (χ2n) is 22.5. The van der Waals surface area contributed by atoms with Crippen LogP contribution in [0.15, 0.2) is 122 Å². The topological polar surface area (TPSA) is 69.6 Å². The molecular weight excluding hydrogens is 951 g/mol. The van der Waals surface area contributed by atoms with E-state index >= 15 is 0 Å². The molecule has 2 atom stereocenters. The number of hydrogen-bond donors (Lipinski definition) is 3. The van der Waals surface area contributed by atoms with Crippen molar-refractivity contribution < 1.29 is 15.0 Å². The maximum Gasteiger partial charge on any atom is 0.220 e. The van der Waals surface area contributed by atoms with E-state index in [4.69, 9.17) is 0 Å². The van der Waals surface area contributed by atoms with Crippen molar-refractivity contribution in [3.05, 3.63) is 122 Å². The van der Waals surface area contributed by atoms with Gasteiger partial charge in [-0.2, -0.15) is 0 Å². The van der Waals surface area contributed by atoms with Crippen LogP contribution in [-0.4, -0.2) is 34.9 Å². The molecule has 0 aliphatic carbocycles. The van der Waals surface area contributed by atoms with Crippen molar-refractivity contribution in [3.63, 3.8) is 0 Å². The number of aliphatic hydroxyl groups excluding tert-OH is 2. The Morgan fingerprint density at radius 1 is 0.321 bits per heavy atom. The van der Waals surface area contributed by atoms with Crippen molar-refractivity contribution in [2.24, 2.45) is 0 Å². The lowest BCUT2D eigenvalue weighted by Crippen LogP contribution is -2.45. The molecule has 0 aliphatic heterocycles. The van der Waals surface area contributed by atoms with Crippen LogP contribution in [0.3, 0.4) is 0 Å². The summed E-state index contributed by atoms with van der Waals surface area (Å²) in [6.45, 7) is 4.26. The maximum absolute atomic E-state index is 12.6. The van der Waals surface area contributed by atoms with Crippen LogP contribution in [0.2, 0.25) is 0 Å². The molecule has 448 valence electrons. The highest BCUT2D eigenvalue weighted by molar-refractivity contribution is 5.76. The summed E-state index contributed by atoms with van der Waals surface area (Å²) in [4.78, 5) is 12.6. The van der Waals surface area contributed by atoms with E-state index < -0.39 is 12.1 Å². The van der Waals surface area contributed by atoms with Crippen LogP contribution in [0.5, 0.6) is 0 Å². The zero-order valence-corrected chi connectivity index (χ0v) is 51.7. The second kappa shape index (κ2) is 68.1. The molecule has 0 heterocycles. The first-order valence-corrected chi connectivity index (χ1v) is 33.7. The molecule has 2 unspecified atom stereocenters. The summed E-state index contributed by atoms with van der Waals surface area (Å²) in [5.41, 5.74) is 0. The van der Waals surface area contributed by atoms with E-state index in [1.165, 1.54) is 199 Å². The molecule has 78 heavy (non-hydrogen) atoms. The Hall–Kier alpha value is -3.21. The van der Waals surface area contributed by atoms with E-state index in [-0.39, 0.29) is 12.5 Å². The summed E-state index contributed by atoms with van der Waals surface area (Å²) < 4.78 is 0. The van der Waals surface area contributed by atoms with Crippen molar-refractivity contribution in [2.45, 2.75) is 334 Å². The van der Waals surface area contributed by atoms with Crippen LogP contribution in [-0.2, 0) is 4.79 Å². The third-order valence-corrected chi connectivity index (χ3v) is 15.0. The van der Waals surface area contributed by atoms with Crippen LogP contribution >= 0.6 is 0 Å². The van der Waals surface area contributed by atoms with Crippen molar-refractivity contribution in [3.8, 4) is 0 Å². The summed E-state index contributed by atoms with van der Waals surface area (Å²) in [5, 5.41) is 23.4. The molecule has 0 aliphatic rings. The highest BCUT2D eigenvalue weighted by Gasteiger charge is 2.20. The largest absolute Gasteiger partial charge is 0.394 e. The van der Waals surface area contributed by atoms with Gasteiger partial charge in [-0.1, -0.05) is 347 Å². The van der Waals surface area contributed by atoms with Crippen molar-refractivity contribution in [2.75, 3.05) is 6.61 Å². The highest BCUT2D eigenvalue weighted by Crippen LogP contribution is 2.18. The van der Waals surface area contributed by atoms with E-state index in [1.807, 2.05) is 0 Å². The van der Waals surface area contributed by atoms with Crippen LogP contribution in [0.4, 0.5) is 0 Å². The van der Waals surface area contributed by atoms with Gasteiger partial charge in [0, 0.05) is 6.42 Å². The normalized spacial score (nSPS) is 13.5. The van der Waals surface area contributed by atoms with Gasteiger partial charge in [-0.15, -0.1) is 0 Å². The fourth-order valence-electron chi connectivity index (χ4n) is 9.92. The molecule has 4 heteroatoms. The number of unbranched alkanes of at least 4 members (excludes halogenated alkanes) is 34. The van der Waals surface area contributed by atoms with Gasteiger partial charge in [0.1, 0.15) is 0 Å². The SMILES string of the molecule is CC/C=C\C/C=C\C/C=C\C/C=C\C/C=C\C/C=C\C/C=C\C/C=C\C/C=C\C/C=C\CCCCCCCCCCC(=O)NC(CO)C(O)CCCCCCCCCCCCCCCCCCCCCCCCCCCCC. The molecule has 3 N–H and O–H groups in total. The molecule has 0 saturated carbocycles. The summed E-state index contributed by atoms with van der Waals surface area (Å²) >= 11 is 0. The molecular formula is C74H129NO3. The monoisotopic (exact) mass is 1080 g/mol. The molecule has 0 saturated heterocycles. The lowest BCUT2D eigenvalue weighted by Gasteiger charge is -2.22. The minimum absolute atomic E-state index is 0.0407. The first-order valence-electron chi connectivity index (χ1n) is 33.7. The van der Waals surface area contributed by atoms with Gasteiger partial charge in [0.15, 0.2) is 0 Å². The Balaban J connectivity index is 3.55. The van der Waals surface area contributed by atoms with Gasteiger partial charge in [0.2, 0.25) is 5.91 Å². The minimum atomic E-state index is -0.673. The zero-order valence-electron chi connectivity index (χ0n) is 51.7. The summed E-state index contributed by atoms with van der Waals surface area (Å²) in [5.74, 6) is -0.0407. The lowest BCUT2D eigenvalue weighted by molar-refractivity contribution is -0.123. The Morgan fingerprint density at radius 3 is 0.846 bits per heavy atom. The fourth-order valence-corrected chi connectivity index (χ4v) is 9.92. The predicted molar refractivity (Wildman–Crippen MR) is 349 cm³/mol. The Labute approximate surface area is 486 Å². The first kappa shape index (κ1) is 74.8. The molecule has 4 nitrogen and oxygen atoms in total. The summed E-state index contributed by atoms with van der Waals surface area (Å²) in [6.07, 6.45) is 104. The van der Waals surface area contributed by atoms with Gasteiger partial charge in [-0.05, 0) is 89.9 Å². The maximum atomic E-state index is 12.6. The van der Waals surface area contributed by atoms with Gasteiger partial charge < -0.3 is 15.5 Å². The number of carbonyl (C=O) groups is 1. The number of rotatable bonds is 61. The molecule has 0 aromatic rings. The number of nitrogens with one attached hydrogen (secondary N) is 1.